The van der Waals surface area contributed by atoms with Gasteiger partial charge in [0.05, 0.1) is 28.0 Å². The minimum absolute atomic E-state index is 0.0117. The van der Waals surface area contributed by atoms with Crippen molar-refractivity contribution >= 4 is 62.2 Å². The summed E-state index contributed by atoms with van der Waals surface area (Å²) in [5.74, 6) is 0.296. The van der Waals surface area contributed by atoms with Crippen LogP contribution in [0.5, 0.6) is 11.5 Å². The number of thioether (sulfide) groups is 1. The molecule has 0 aliphatic carbocycles. The van der Waals surface area contributed by atoms with Crippen LogP contribution in [0.25, 0.3) is 6.08 Å². The molecule has 37 heavy (non-hydrogen) atoms. The van der Waals surface area contributed by atoms with E-state index in [9.17, 15) is 19.7 Å². The number of nitro groups is 1. The van der Waals surface area contributed by atoms with Gasteiger partial charge in [-0.15, -0.1) is 0 Å². The molecule has 3 aromatic carbocycles. The summed E-state index contributed by atoms with van der Waals surface area (Å²) in [6.07, 6.45) is 1.60. The van der Waals surface area contributed by atoms with Crippen molar-refractivity contribution < 1.29 is 24.0 Å². The molecule has 0 N–H and O–H groups in total. The number of ether oxygens (including phenoxy) is 2. The summed E-state index contributed by atoms with van der Waals surface area (Å²) in [7, 11) is 0. The molecular formula is C26H20BrClN2O6S. The van der Waals surface area contributed by atoms with Crippen molar-refractivity contribution in [2.24, 2.45) is 0 Å². The smallest absolute Gasteiger partial charge is 0.293 e. The summed E-state index contributed by atoms with van der Waals surface area (Å²) in [5.41, 5.74) is 2.11. The number of halogens is 2. The zero-order valence-electron chi connectivity index (χ0n) is 19.5. The lowest BCUT2D eigenvalue weighted by Gasteiger charge is -2.15. The molecule has 0 unspecified atom stereocenters. The highest BCUT2D eigenvalue weighted by molar-refractivity contribution is 9.10. The van der Waals surface area contributed by atoms with Gasteiger partial charge in [-0.3, -0.25) is 24.6 Å². The molecule has 190 valence electrons. The third-order valence-electron chi connectivity index (χ3n) is 5.29. The summed E-state index contributed by atoms with van der Waals surface area (Å²) in [4.78, 5) is 37.3. The normalized spacial score (nSPS) is 14.4. The second kappa shape index (κ2) is 11.8. The Kier molecular flexibility index (Phi) is 8.52. The Balaban J connectivity index is 1.52. The largest absolute Gasteiger partial charge is 0.490 e. The monoisotopic (exact) mass is 602 g/mol. The first-order valence-corrected chi connectivity index (χ1v) is 13.1. The Labute approximate surface area is 230 Å². The average Bonchev–Trinajstić information content (AvgIpc) is 3.12. The Morgan fingerprint density at radius 1 is 1.05 bits per heavy atom. The van der Waals surface area contributed by atoms with Gasteiger partial charge in [0, 0.05) is 16.6 Å². The maximum atomic E-state index is 13.0. The molecule has 0 radical (unpaired) electrons. The van der Waals surface area contributed by atoms with E-state index in [1.54, 1.807) is 30.3 Å². The highest BCUT2D eigenvalue weighted by atomic mass is 79.9. The molecule has 0 bridgehead atoms. The molecule has 0 atom stereocenters. The van der Waals surface area contributed by atoms with E-state index in [0.717, 1.165) is 21.8 Å². The van der Waals surface area contributed by atoms with Gasteiger partial charge < -0.3 is 9.47 Å². The number of rotatable bonds is 9. The third-order valence-corrected chi connectivity index (χ3v) is 7.00. The molecule has 4 rings (SSSR count). The zero-order chi connectivity index (χ0) is 26.5. The number of amides is 2. The molecule has 11 heteroatoms. The average molecular weight is 604 g/mol. The van der Waals surface area contributed by atoms with Crippen LogP contribution in [0.4, 0.5) is 10.5 Å². The number of nitrogens with zero attached hydrogens (tertiary/aromatic N) is 2. The molecule has 1 saturated heterocycles. The predicted molar refractivity (Wildman–Crippen MR) is 146 cm³/mol. The predicted octanol–water partition coefficient (Wildman–Crippen LogP) is 7.22. The molecule has 0 saturated carbocycles. The van der Waals surface area contributed by atoms with Crippen LogP contribution in [0, 0.1) is 10.1 Å². The number of imide groups is 1. The minimum atomic E-state index is -0.469. The lowest BCUT2D eigenvalue weighted by atomic mass is 10.1. The van der Waals surface area contributed by atoms with E-state index in [4.69, 9.17) is 21.1 Å². The van der Waals surface area contributed by atoms with Crippen LogP contribution in [0.2, 0.25) is 5.02 Å². The number of carbonyl (C=O) groups excluding carboxylic acids is 2. The molecular weight excluding hydrogens is 584 g/mol. The van der Waals surface area contributed by atoms with Crippen molar-refractivity contribution in [2.75, 3.05) is 6.61 Å². The quantitative estimate of drug-likeness (QED) is 0.145. The highest BCUT2D eigenvalue weighted by Crippen LogP contribution is 2.40. The summed E-state index contributed by atoms with van der Waals surface area (Å²) >= 11 is 10.7. The number of non-ortho nitro benzene ring substituents is 1. The first-order chi connectivity index (χ1) is 17.7. The number of hydrogen-bond donors (Lipinski definition) is 0. The van der Waals surface area contributed by atoms with Crippen LogP contribution in [-0.2, 0) is 17.9 Å². The maximum absolute atomic E-state index is 13.0. The third kappa shape index (κ3) is 6.51. The van der Waals surface area contributed by atoms with Gasteiger partial charge in [0.1, 0.15) is 6.61 Å². The molecule has 1 aliphatic rings. The van der Waals surface area contributed by atoms with Crippen LogP contribution < -0.4 is 9.47 Å². The van der Waals surface area contributed by atoms with Crippen LogP contribution in [-0.4, -0.2) is 27.6 Å². The van der Waals surface area contributed by atoms with Crippen LogP contribution in [0.1, 0.15) is 23.6 Å². The number of nitro benzene ring substituents is 1. The summed E-state index contributed by atoms with van der Waals surface area (Å²) in [5, 5.41) is 10.8. The standard InChI is InChI=1S/C26H20BrClN2O6S/c1-2-35-22-12-18(11-21(28)24(22)36-15-17-5-9-20(10-6-17)30(33)34)13-23-25(31)29(26(32)37-23)14-16-3-7-19(27)8-4-16/h3-13H,2,14-15H2,1H3/b23-13-. The lowest BCUT2D eigenvalue weighted by Crippen LogP contribution is -2.27. The van der Waals surface area contributed by atoms with Gasteiger partial charge in [-0.25, -0.2) is 0 Å². The minimum Gasteiger partial charge on any atom is -0.490 e. The summed E-state index contributed by atoms with van der Waals surface area (Å²) in [6, 6.07) is 16.7. The van der Waals surface area contributed by atoms with Crippen LogP contribution >= 0.6 is 39.3 Å². The van der Waals surface area contributed by atoms with Crippen LogP contribution in [0.15, 0.2) is 70.0 Å². The van der Waals surface area contributed by atoms with Crippen molar-refractivity contribution in [2.45, 2.75) is 20.1 Å². The SMILES string of the molecule is CCOc1cc(/C=C2\SC(=O)N(Cc3ccc(Br)cc3)C2=O)cc(Cl)c1OCc1ccc([N+](=O)[O-])cc1. The van der Waals surface area contributed by atoms with Gasteiger partial charge in [-0.05, 0) is 77.9 Å². The van der Waals surface area contributed by atoms with Gasteiger partial charge in [-0.1, -0.05) is 39.7 Å². The second-order valence-corrected chi connectivity index (χ2v) is 10.2. The van der Waals surface area contributed by atoms with E-state index in [1.165, 1.54) is 17.0 Å². The fourth-order valence-corrected chi connectivity index (χ4v) is 4.88. The van der Waals surface area contributed by atoms with E-state index >= 15 is 0 Å². The first kappa shape index (κ1) is 26.7. The fourth-order valence-electron chi connectivity index (χ4n) is 3.50. The molecule has 1 aliphatic heterocycles. The molecule has 8 nitrogen and oxygen atoms in total. The zero-order valence-corrected chi connectivity index (χ0v) is 22.6. The van der Waals surface area contributed by atoms with E-state index in [1.807, 2.05) is 31.2 Å². The van der Waals surface area contributed by atoms with Crippen molar-refractivity contribution in [3.63, 3.8) is 0 Å². The Morgan fingerprint density at radius 3 is 2.38 bits per heavy atom. The number of benzene rings is 3. The Hall–Kier alpha value is -3.34. The lowest BCUT2D eigenvalue weighted by molar-refractivity contribution is -0.384. The topological polar surface area (TPSA) is 99.0 Å². The van der Waals surface area contributed by atoms with Gasteiger partial charge >= 0.3 is 0 Å². The fraction of sp³-hybridized carbons (Fsp3) is 0.154. The second-order valence-electron chi connectivity index (χ2n) is 7.87. The van der Waals surface area contributed by atoms with Gasteiger partial charge in [-0.2, -0.15) is 0 Å². The van der Waals surface area contributed by atoms with Crippen molar-refractivity contribution in [1.29, 1.82) is 0 Å². The van der Waals surface area contributed by atoms with Gasteiger partial charge in [0.15, 0.2) is 11.5 Å². The van der Waals surface area contributed by atoms with E-state index < -0.39 is 4.92 Å². The van der Waals surface area contributed by atoms with E-state index in [-0.39, 0.29) is 39.9 Å². The van der Waals surface area contributed by atoms with E-state index in [0.29, 0.717) is 29.2 Å². The maximum Gasteiger partial charge on any atom is 0.293 e. The molecule has 3 aromatic rings. The summed E-state index contributed by atoms with van der Waals surface area (Å²) in [6.45, 7) is 2.45. The summed E-state index contributed by atoms with van der Waals surface area (Å²) < 4.78 is 12.5. The van der Waals surface area contributed by atoms with Crippen molar-refractivity contribution in [1.82, 2.24) is 4.90 Å². The molecule has 2 amide bonds. The Morgan fingerprint density at radius 2 is 1.73 bits per heavy atom. The van der Waals surface area contributed by atoms with Gasteiger partial charge in [0.2, 0.25) is 0 Å². The molecule has 0 aromatic heterocycles. The molecule has 1 fully saturated rings. The first-order valence-electron chi connectivity index (χ1n) is 11.1. The van der Waals surface area contributed by atoms with Gasteiger partial charge in [0.25, 0.3) is 16.8 Å². The van der Waals surface area contributed by atoms with E-state index in [2.05, 4.69) is 15.9 Å². The van der Waals surface area contributed by atoms with Crippen LogP contribution in [0.3, 0.4) is 0 Å². The molecule has 1 heterocycles. The molecule has 0 spiro atoms. The Bertz CT molecular complexity index is 1380. The number of carbonyl (C=O) groups is 2. The highest BCUT2D eigenvalue weighted by Gasteiger charge is 2.35. The number of hydrogen-bond acceptors (Lipinski definition) is 7. The van der Waals surface area contributed by atoms with Crippen molar-refractivity contribution in [3.05, 3.63) is 102 Å². The van der Waals surface area contributed by atoms with Crippen molar-refractivity contribution in [3.8, 4) is 11.5 Å².